The van der Waals surface area contributed by atoms with E-state index in [4.69, 9.17) is 4.74 Å². The maximum Gasteiger partial charge on any atom is 0.309 e. The fraction of sp³-hybridized carbons (Fsp3) is 0.571. The Morgan fingerprint density at radius 1 is 1.11 bits per heavy atom. The van der Waals surface area contributed by atoms with Crippen LogP contribution in [0.15, 0.2) is 24.3 Å². The van der Waals surface area contributed by atoms with E-state index in [1.807, 2.05) is 36.1 Å². The molecule has 1 saturated heterocycles. The normalized spacial score (nSPS) is 22.8. The molecule has 0 radical (unpaired) electrons. The third-order valence-electron chi connectivity index (χ3n) is 5.56. The molecule has 1 heterocycles. The molecule has 1 aromatic carbocycles. The first kappa shape index (κ1) is 19.4. The largest absolute Gasteiger partial charge is 0.466 e. The summed E-state index contributed by atoms with van der Waals surface area (Å²) in [5, 5.41) is 0. The van der Waals surface area contributed by atoms with E-state index in [-0.39, 0.29) is 35.9 Å². The van der Waals surface area contributed by atoms with Crippen LogP contribution in [0, 0.1) is 5.92 Å². The Hall–Kier alpha value is -2.37. The fourth-order valence-corrected chi connectivity index (χ4v) is 4.12. The van der Waals surface area contributed by atoms with Crippen LogP contribution < -0.4 is 4.90 Å². The lowest BCUT2D eigenvalue weighted by Crippen LogP contribution is -2.49. The molecule has 146 valence electrons. The van der Waals surface area contributed by atoms with Gasteiger partial charge in [-0.05, 0) is 25.0 Å². The van der Waals surface area contributed by atoms with Crippen LogP contribution in [0.2, 0.25) is 0 Å². The lowest BCUT2D eigenvalue weighted by molar-refractivity contribution is -0.148. The third kappa shape index (κ3) is 4.15. The van der Waals surface area contributed by atoms with Gasteiger partial charge in [-0.25, -0.2) is 0 Å². The zero-order valence-electron chi connectivity index (χ0n) is 16.1. The zero-order valence-corrected chi connectivity index (χ0v) is 16.1. The van der Waals surface area contributed by atoms with Gasteiger partial charge in [-0.3, -0.25) is 14.4 Å². The molecule has 0 N–H and O–H groups in total. The molecule has 1 amide bonds. The number of para-hydroxylation sites is 1. The number of ether oxygens (including phenoxy) is 1. The Morgan fingerprint density at radius 2 is 1.81 bits per heavy atom. The van der Waals surface area contributed by atoms with Crippen molar-refractivity contribution in [2.45, 2.75) is 39.0 Å². The molecule has 3 rings (SSSR count). The van der Waals surface area contributed by atoms with Gasteiger partial charge in [0.2, 0.25) is 5.91 Å². The molecule has 1 aliphatic heterocycles. The van der Waals surface area contributed by atoms with Gasteiger partial charge in [-0.1, -0.05) is 25.1 Å². The highest BCUT2D eigenvalue weighted by Gasteiger charge is 2.39. The van der Waals surface area contributed by atoms with E-state index in [0.29, 0.717) is 32.5 Å². The van der Waals surface area contributed by atoms with Gasteiger partial charge in [0.15, 0.2) is 0 Å². The van der Waals surface area contributed by atoms with Crippen LogP contribution in [0.25, 0.3) is 0 Å². The molecule has 0 unspecified atom stereocenters. The van der Waals surface area contributed by atoms with E-state index < -0.39 is 0 Å². The van der Waals surface area contributed by atoms with Gasteiger partial charge in [0.1, 0.15) is 5.78 Å². The average molecular weight is 372 g/mol. The molecule has 6 nitrogen and oxygen atoms in total. The van der Waals surface area contributed by atoms with Crippen LogP contribution in [-0.2, 0) is 19.1 Å². The first-order valence-electron chi connectivity index (χ1n) is 9.86. The lowest BCUT2D eigenvalue weighted by atomic mass is 9.93. The Labute approximate surface area is 160 Å². The SMILES string of the molecule is CCOC(=O)[C@@H]1CC(=O)[C@H](c2ccccc2N2CCN(C(=O)CC)CC2)C1. The number of ketones is 1. The number of carbonyl (C=O) groups excluding carboxylic acids is 3. The van der Waals surface area contributed by atoms with Crippen molar-refractivity contribution in [3.05, 3.63) is 29.8 Å². The predicted molar refractivity (Wildman–Crippen MR) is 103 cm³/mol. The number of carbonyl (C=O) groups is 3. The van der Waals surface area contributed by atoms with Crippen molar-refractivity contribution >= 4 is 23.3 Å². The summed E-state index contributed by atoms with van der Waals surface area (Å²) in [5.74, 6) is -0.565. The second kappa shape index (κ2) is 8.55. The van der Waals surface area contributed by atoms with Crippen molar-refractivity contribution in [2.75, 3.05) is 37.7 Å². The third-order valence-corrected chi connectivity index (χ3v) is 5.56. The molecule has 1 saturated carbocycles. The molecular weight excluding hydrogens is 344 g/mol. The van der Waals surface area contributed by atoms with Crippen molar-refractivity contribution in [1.29, 1.82) is 0 Å². The summed E-state index contributed by atoms with van der Waals surface area (Å²) >= 11 is 0. The summed E-state index contributed by atoms with van der Waals surface area (Å²) in [4.78, 5) is 40.7. The monoisotopic (exact) mass is 372 g/mol. The minimum Gasteiger partial charge on any atom is -0.466 e. The summed E-state index contributed by atoms with van der Waals surface area (Å²) in [5.41, 5.74) is 2.04. The van der Waals surface area contributed by atoms with Crippen LogP contribution in [-0.4, -0.2) is 55.3 Å². The molecule has 0 bridgehead atoms. The highest BCUT2D eigenvalue weighted by atomic mass is 16.5. The van der Waals surface area contributed by atoms with Gasteiger partial charge < -0.3 is 14.5 Å². The molecule has 2 atom stereocenters. The van der Waals surface area contributed by atoms with Gasteiger partial charge in [0.05, 0.1) is 12.5 Å². The lowest BCUT2D eigenvalue weighted by Gasteiger charge is -2.37. The number of esters is 1. The van der Waals surface area contributed by atoms with Gasteiger partial charge in [0.25, 0.3) is 0 Å². The van der Waals surface area contributed by atoms with Crippen LogP contribution in [0.5, 0.6) is 0 Å². The Morgan fingerprint density at radius 3 is 2.48 bits per heavy atom. The topological polar surface area (TPSA) is 66.9 Å². The van der Waals surface area contributed by atoms with Crippen molar-refractivity contribution in [1.82, 2.24) is 4.90 Å². The van der Waals surface area contributed by atoms with Crippen molar-refractivity contribution in [3.63, 3.8) is 0 Å². The van der Waals surface area contributed by atoms with Gasteiger partial charge in [-0.2, -0.15) is 0 Å². The summed E-state index contributed by atoms with van der Waals surface area (Å²) in [6.45, 7) is 6.91. The minimum absolute atomic E-state index is 0.111. The number of piperazine rings is 1. The van der Waals surface area contributed by atoms with Crippen molar-refractivity contribution < 1.29 is 19.1 Å². The predicted octanol–water partition coefficient (Wildman–Crippen LogP) is 2.37. The van der Waals surface area contributed by atoms with Crippen LogP contribution >= 0.6 is 0 Å². The number of amides is 1. The summed E-state index contributed by atoms with van der Waals surface area (Å²) in [7, 11) is 0. The van der Waals surface area contributed by atoms with Gasteiger partial charge in [0, 0.05) is 50.6 Å². The smallest absolute Gasteiger partial charge is 0.309 e. The molecule has 6 heteroatoms. The second-order valence-electron chi connectivity index (χ2n) is 7.19. The van der Waals surface area contributed by atoms with Crippen LogP contribution in [0.4, 0.5) is 5.69 Å². The number of anilines is 1. The molecule has 27 heavy (non-hydrogen) atoms. The van der Waals surface area contributed by atoms with Crippen LogP contribution in [0.3, 0.4) is 0 Å². The zero-order chi connectivity index (χ0) is 19.4. The van der Waals surface area contributed by atoms with Crippen molar-refractivity contribution in [2.24, 2.45) is 5.92 Å². The summed E-state index contributed by atoms with van der Waals surface area (Å²) in [6.07, 6.45) is 1.31. The number of benzene rings is 1. The van der Waals surface area contributed by atoms with E-state index in [1.54, 1.807) is 6.92 Å². The number of hydrogen-bond acceptors (Lipinski definition) is 5. The van der Waals surface area contributed by atoms with Crippen molar-refractivity contribution in [3.8, 4) is 0 Å². The standard InChI is InChI=1S/C21H28N2O4/c1-3-20(25)23-11-9-22(10-12-23)18-8-6-5-7-16(18)17-13-15(14-19(17)24)21(26)27-4-2/h5-8,15,17H,3-4,9-14H2,1-2H3/t15-,17-/m0/s1. The van der Waals surface area contributed by atoms with Crippen LogP contribution in [0.1, 0.15) is 44.6 Å². The Balaban J connectivity index is 1.74. The number of Topliss-reactive ketones (excluding diaryl/α,β-unsaturated/α-hetero) is 1. The molecular formula is C21H28N2O4. The highest BCUT2D eigenvalue weighted by molar-refractivity contribution is 5.94. The highest BCUT2D eigenvalue weighted by Crippen LogP contribution is 2.40. The van der Waals surface area contributed by atoms with E-state index in [2.05, 4.69) is 4.90 Å². The first-order chi connectivity index (χ1) is 13.0. The number of nitrogens with zero attached hydrogens (tertiary/aromatic N) is 2. The molecule has 2 fully saturated rings. The quantitative estimate of drug-likeness (QED) is 0.743. The van der Waals surface area contributed by atoms with E-state index in [1.165, 1.54) is 0 Å². The van der Waals surface area contributed by atoms with E-state index in [9.17, 15) is 14.4 Å². The molecule has 0 spiro atoms. The Bertz CT molecular complexity index is 710. The average Bonchev–Trinajstić information content (AvgIpc) is 3.09. The molecule has 1 aliphatic carbocycles. The number of hydrogen-bond donors (Lipinski definition) is 0. The van der Waals surface area contributed by atoms with Gasteiger partial charge in [-0.15, -0.1) is 0 Å². The molecule has 0 aromatic heterocycles. The second-order valence-corrected chi connectivity index (χ2v) is 7.19. The maximum absolute atomic E-state index is 12.6. The molecule has 1 aromatic rings. The van der Waals surface area contributed by atoms with E-state index in [0.717, 1.165) is 24.3 Å². The summed E-state index contributed by atoms with van der Waals surface area (Å²) < 4.78 is 5.11. The first-order valence-corrected chi connectivity index (χ1v) is 9.86. The van der Waals surface area contributed by atoms with Gasteiger partial charge >= 0.3 is 5.97 Å². The maximum atomic E-state index is 12.6. The number of rotatable bonds is 5. The fourth-order valence-electron chi connectivity index (χ4n) is 4.12. The van der Waals surface area contributed by atoms with E-state index >= 15 is 0 Å². The Kier molecular flexibility index (Phi) is 6.14. The minimum atomic E-state index is -0.338. The molecule has 2 aliphatic rings. The summed E-state index contributed by atoms with van der Waals surface area (Å²) in [6, 6.07) is 7.96.